The Morgan fingerprint density at radius 3 is 3.00 bits per heavy atom. The molecule has 1 aliphatic rings. The van der Waals surface area contributed by atoms with E-state index in [1.165, 1.54) is 32.4 Å². The van der Waals surface area contributed by atoms with Crippen molar-refractivity contribution in [3.05, 3.63) is 18.2 Å². The zero-order valence-corrected chi connectivity index (χ0v) is 12.7. The summed E-state index contributed by atoms with van der Waals surface area (Å²) in [5.41, 5.74) is 7.56. The predicted octanol–water partition coefficient (Wildman–Crippen LogP) is 2.95. The van der Waals surface area contributed by atoms with E-state index >= 15 is 0 Å². The van der Waals surface area contributed by atoms with Crippen LogP contribution in [0.4, 0.5) is 11.4 Å². The second kappa shape index (κ2) is 7.39. The number of likely N-dealkylation sites (tertiary alicyclic amines) is 1. The molecule has 0 aliphatic carbocycles. The van der Waals surface area contributed by atoms with Gasteiger partial charge in [-0.3, -0.25) is 0 Å². The predicted molar refractivity (Wildman–Crippen MR) is 85.4 cm³/mol. The molecule has 1 fully saturated rings. The third kappa shape index (κ3) is 4.04. The molecular formula is C16H27N3O. The molecule has 1 aliphatic heterocycles. The lowest BCUT2D eigenvalue weighted by Gasteiger charge is -2.33. The highest BCUT2D eigenvalue weighted by Gasteiger charge is 2.16. The number of nitrogens with one attached hydrogen (secondary N) is 1. The molecule has 112 valence electrons. The average Bonchev–Trinajstić information content (AvgIpc) is 2.47. The summed E-state index contributed by atoms with van der Waals surface area (Å²) in [6, 6.07) is 6.59. The van der Waals surface area contributed by atoms with Crippen LogP contribution >= 0.6 is 0 Å². The maximum absolute atomic E-state index is 5.81. The Hall–Kier alpha value is -1.42. The van der Waals surface area contributed by atoms with E-state index in [1.54, 1.807) is 7.11 Å². The lowest BCUT2D eigenvalue weighted by Crippen LogP contribution is -2.38. The monoisotopic (exact) mass is 277 g/mol. The second-order valence-electron chi connectivity index (χ2n) is 5.62. The Morgan fingerprint density at radius 2 is 2.25 bits per heavy atom. The van der Waals surface area contributed by atoms with Gasteiger partial charge in [-0.05, 0) is 44.9 Å². The molecule has 1 unspecified atom stereocenters. The quantitative estimate of drug-likeness (QED) is 0.620. The summed E-state index contributed by atoms with van der Waals surface area (Å²) < 4.78 is 5.23. The first kappa shape index (κ1) is 15.0. The van der Waals surface area contributed by atoms with Crippen molar-refractivity contribution in [3.63, 3.8) is 0 Å². The number of anilines is 2. The molecule has 20 heavy (non-hydrogen) atoms. The van der Waals surface area contributed by atoms with Crippen LogP contribution < -0.4 is 15.8 Å². The van der Waals surface area contributed by atoms with E-state index in [2.05, 4.69) is 17.1 Å². The van der Waals surface area contributed by atoms with Crippen molar-refractivity contribution < 1.29 is 4.74 Å². The summed E-state index contributed by atoms with van der Waals surface area (Å²) in [5, 5.41) is 3.44. The van der Waals surface area contributed by atoms with Crippen molar-refractivity contribution in [1.82, 2.24) is 4.90 Å². The summed E-state index contributed by atoms with van der Waals surface area (Å²) in [5.74, 6) is 0.736. The molecule has 3 N–H and O–H groups in total. The van der Waals surface area contributed by atoms with E-state index in [1.807, 2.05) is 18.2 Å². The molecule has 0 spiro atoms. The van der Waals surface area contributed by atoms with Gasteiger partial charge in [0.25, 0.3) is 0 Å². The second-order valence-corrected chi connectivity index (χ2v) is 5.62. The number of ether oxygens (including phenoxy) is 1. The molecule has 4 heteroatoms. The summed E-state index contributed by atoms with van der Waals surface area (Å²) in [7, 11) is 1.65. The van der Waals surface area contributed by atoms with Crippen molar-refractivity contribution in [1.29, 1.82) is 0 Å². The van der Waals surface area contributed by atoms with Gasteiger partial charge in [-0.2, -0.15) is 0 Å². The SMILES string of the molecule is COc1cc(NCCCN2CCCCC2C)ccc1N. The van der Waals surface area contributed by atoms with Crippen LogP contribution in [0.25, 0.3) is 0 Å². The van der Waals surface area contributed by atoms with Crippen molar-refractivity contribution >= 4 is 11.4 Å². The van der Waals surface area contributed by atoms with E-state index in [9.17, 15) is 0 Å². The molecule has 0 aromatic heterocycles. The maximum atomic E-state index is 5.81. The lowest BCUT2D eigenvalue weighted by molar-refractivity contribution is 0.160. The van der Waals surface area contributed by atoms with Gasteiger partial charge >= 0.3 is 0 Å². The number of hydrogen-bond donors (Lipinski definition) is 2. The summed E-state index contributed by atoms with van der Waals surface area (Å²) >= 11 is 0. The van der Waals surface area contributed by atoms with Crippen LogP contribution in [0.15, 0.2) is 18.2 Å². The number of nitrogens with zero attached hydrogens (tertiary/aromatic N) is 1. The zero-order chi connectivity index (χ0) is 14.4. The van der Waals surface area contributed by atoms with Crippen molar-refractivity contribution in [2.45, 2.75) is 38.6 Å². The average molecular weight is 277 g/mol. The summed E-state index contributed by atoms with van der Waals surface area (Å²) in [6.07, 6.45) is 5.26. The van der Waals surface area contributed by atoms with Gasteiger partial charge in [-0.25, -0.2) is 0 Å². The Morgan fingerprint density at radius 1 is 1.40 bits per heavy atom. The van der Waals surface area contributed by atoms with Gasteiger partial charge in [0.2, 0.25) is 0 Å². The topological polar surface area (TPSA) is 50.5 Å². The van der Waals surface area contributed by atoms with Crippen LogP contribution in [-0.2, 0) is 0 Å². The fraction of sp³-hybridized carbons (Fsp3) is 0.625. The van der Waals surface area contributed by atoms with Gasteiger partial charge in [0.15, 0.2) is 0 Å². The van der Waals surface area contributed by atoms with Crippen molar-refractivity contribution in [2.24, 2.45) is 0 Å². The molecule has 1 heterocycles. The highest BCUT2D eigenvalue weighted by Crippen LogP contribution is 2.24. The number of nitrogens with two attached hydrogens (primary N) is 1. The zero-order valence-electron chi connectivity index (χ0n) is 12.7. The first-order chi connectivity index (χ1) is 9.70. The van der Waals surface area contributed by atoms with Gasteiger partial charge in [0.05, 0.1) is 12.8 Å². The van der Waals surface area contributed by atoms with Crippen LogP contribution in [0.5, 0.6) is 5.75 Å². The molecule has 1 aromatic rings. The maximum Gasteiger partial charge on any atom is 0.143 e. The standard InChI is InChI=1S/C16H27N3O/c1-13-6-3-4-10-19(13)11-5-9-18-14-7-8-15(17)16(12-14)20-2/h7-8,12-13,18H,3-6,9-11,17H2,1-2H3. The smallest absolute Gasteiger partial charge is 0.143 e. The van der Waals surface area contributed by atoms with E-state index in [0.29, 0.717) is 5.69 Å². The third-order valence-corrected chi connectivity index (χ3v) is 4.13. The van der Waals surface area contributed by atoms with E-state index < -0.39 is 0 Å². The third-order valence-electron chi connectivity index (χ3n) is 4.13. The molecule has 2 rings (SSSR count). The molecule has 4 nitrogen and oxygen atoms in total. The van der Waals surface area contributed by atoms with Crippen molar-refractivity contribution in [3.8, 4) is 5.75 Å². The summed E-state index contributed by atoms with van der Waals surface area (Å²) in [4.78, 5) is 2.61. The molecule has 0 bridgehead atoms. The van der Waals surface area contributed by atoms with E-state index in [-0.39, 0.29) is 0 Å². The van der Waals surface area contributed by atoms with Crippen LogP contribution in [0.1, 0.15) is 32.6 Å². The molecule has 1 aromatic carbocycles. The van der Waals surface area contributed by atoms with Crippen LogP contribution in [0.3, 0.4) is 0 Å². The Balaban J connectivity index is 1.73. The van der Waals surface area contributed by atoms with E-state index in [4.69, 9.17) is 10.5 Å². The minimum absolute atomic E-state index is 0.681. The normalized spacial score (nSPS) is 19.8. The molecule has 0 radical (unpaired) electrons. The van der Waals surface area contributed by atoms with Crippen molar-refractivity contribution in [2.75, 3.05) is 37.8 Å². The Bertz CT molecular complexity index is 422. The van der Waals surface area contributed by atoms with Gasteiger partial charge in [0, 0.05) is 30.9 Å². The summed E-state index contributed by atoms with van der Waals surface area (Å²) in [6.45, 7) is 5.77. The number of benzene rings is 1. The molecule has 1 atom stereocenters. The fourth-order valence-corrected chi connectivity index (χ4v) is 2.83. The van der Waals surface area contributed by atoms with Gasteiger partial charge in [0.1, 0.15) is 5.75 Å². The van der Waals surface area contributed by atoms with Crippen LogP contribution in [0, 0.1) is 0 Å². The highest BCUT2D eigenvalue weighted by atomic mass is 16.5. The van der Waals surface area contributed by atoms with Crippen LogP contribution in [0.2, 0.25) is 0 Å². The minimum Gasteiger partial charge on any atom is -0.495 e. The molecule has 1 saturated heterocycles. The lowest BCUT2D eigenvalue weighted by atomic mass is 10.0. The first-order valence-corrected chi connectivity index (χ1v) is 7.62. The van der Waals surface area contributed by atoms with Crippen LogP contribution in [-0.4, -0.2) is 37.7 Å². The molecule has 0 saturated carbocycles. The number of methoxy groups -OCH3 is 1. The fourth-order valence-electron chi connectivity index (χ4n) is 2.83. The van der Waals surface area contributed by atoms with Gasteiger partial charge < -0.3 is 20.7 Å². The Labute approximate surface area is 122 Å². The number of piperidine rings is 1. The van der Waals surface area contributed by atoms with Gasteiger partial charge in [-0.15, -0.1) is 0 Å². The number of nitrogen functional groups attached to an aromatic ring is 1. The van der Waals surface area contributed by atoms with Gasteiger partial charge in [-0.1, -0.05) is 6.42 Å². The highest BCUT2D eigenvalue weighted by molar-refractivity contribution is 5.61. The number of hydrogen-bond acceptors (Lipinski definition) is 4. The first-order valence-electron chi connectivity index (χ1n) is 7.62. The number of rotatable bonds is 6. The van der Waals surface area contributed by atoms with E-state index in [0.717, 1.165) is 30.4 Å². The molecular weight excluding hydrogens is 250 g/mol. The minimum atomic E-state index is 0.681. The molecule has 0 amide bonds. The Kier molecular flexibility index (Phi) is 5.53. The largest absolute Gasteiger partial charge is 0.495 e.